The minimum absolute atomic E-state index is 0.321. The third-order valence-corrected chi connectivity index (χ3v) is 5.89. The molecule has 0 spiro atoms. The molecule has 1 aliphatic carbocycles. The molecule has 0 heterocycles. The molecule has 0 saturated heterocycles. The highest BCUT2D eigenvalue weighted by Gasteiger charge is 2.14. The Kier molecular flexibility index (Phi) is 4.97. The van der Waals surface area contributed by atoms with Crippen LogP contribution in [0.5, 0.6) is 0 Å². The summed E-state index contributed by atoms with van der Waals surface area (Å²) in [5.41, 5.74) is 1.17. The van der Waals surface area contributed by atoms with E-state index in [1.54, 1.807) is 12.8 Å². The van der Waals surface area contributed by atoms with E-state index in [2.05, 4.69) is 13.1 Å². The van der Waals surface area contributed by atoms with Crippen LogP contribution in [0.2, 0.25) is 18.6 Å². The average Bonchev–Trinajstić information content (AvgIpc) is 2.15. The van der Waals surface area contributed by atoms with Crippen LogP contribution >= 0.6 is 0 Å². The van der Waals surface area contributed by atoms with Gasteiger partial charge in [-0.05, 0) is 5.54 Å². The van der Waals surface area contributed by atoms with Crippen molar-refractivity contribution in [2.75, 3.05) is 0 Å². The molecule has 1 heteroatoms. The van der Waals surface area contributed by atoms with Crippen LogP contribution < -0.4 is 0 Å². The van der Waals surface area contributed by atoms with E-state index < -0.39 is 0 Å². The van der Waals surface area contributed by atoms with Crippen molar-refractivity contribution < 1.29 is 0 Å². The molecule has 1 rings (SSSR count). The number of hydrogen-bond donors (Lipinski definition) is 0. The lowest BCUT2D eigenvalue weighted by molar-refractivity contribution is 0.613. The Morgan fingerprint density at radius 2 is 1.17 bits per heavy atom. The van der Waals surface area contributed by atoms with E-state index in [1.165, 1.54) is 44.1 Å². The molecule has 0 aromatic rings. The van der Waals surface area contributed by atoms with Gasteiger partial charge in [-0.25, -0.2) is 0 Å². The normalized spacial score (nSPS) is 23.2. The smallest absolute Gasteiger partial charge is 0.0337 e. The van der Waals surface area contributed by atoms with E-state index >= 15 is 0 Å². The summed E-state index contributed by atoms with van der Waals surface area (Å²) >= 11 is 0. The zero-order chi connectivity index (χ0) is 8.81. The Balaban J connectivity index is 2.28. The molecule has 12 heavy (non-hydrogen) atoms. The second-order valence-corrected chi connectivity index (χ2v) is 8.13. The van der Waals surface area contributed by atoms with E-state index in [9.17, 15) is 0 Å². The second kappa shape index (κ2) is 5.79. The monoisotopic (exact) mass is 184 g/mol. The van der Waals surface area contributed by atoms with Gasteiger partial charge in [-0.3, -0.25) is 0 Å². The third-order valence-electron chi connectivity index (χ3n) is 3.34. The van der Waals surface area contributed by atoms with E-state index in [0.717, 1.165) is 0 Å². The van der Waals surface area contributed by atoms with Gasteiger partial charge in [0.25, 0.3) is 0 Å². The fourth-order valence-electron chi connectivity index (χ4n) is 2.33. The van der Waals surface area contributed by atoms with Crippen LogP contribution in [0.3, 0.4) is 0 Å². The van der Waals surface area contributed by atoms with Crippen LogP contribution in [0, 0.1) is 0 Å². The summed E-state index contributed by atoms with van der Waals surface area (Å²) in [7, 11) is -0.321. The molecule has 0 aromatic carbocycles. The largest absolute Gasteiger partial charge is 0.0720 e. The van der Waals surface area contributed by atoms with Gasteiger partial charge in [0.1, 0.15) is 0 Å². The van der Waals surface area contributed by atoms with Crippen LogP contribution in [0.15, 0.2) is 0 Å². The highest BCUT2D eigenvalue weighted by molar-refractivity contribution is 6.57. The Labute approximate surface area is 79.4 Å². The summed E-state index contributed by atoms with van der Waals surface area (Å²) in [6.45, 7) is 5.06. The van der Waals surface area contributed by atoms with E-state index in [0.29, 0.717) is 0 Å². The lowest BCUT2D eigenvalue weighted by Gasteiger charge is -2.18. The molecule has 0 N–H and O–H groups in total. The van der Waals surface area contributed by atoms with Gasteiger partial charge in [-0.15, -0.1) is 0 Å². The summed E-state index contributed by atoms with van der Waals surface area (Å²) in [6, 6.07) is 0. The average molecular weight is 184 g/mol. The van der Waals surface area contributed by atoms with Crippen molar-refractivity contribution in [3.63, 3.8) is 0 Å². The van der Waals surface area contributed by atoms with Gasteiger partial charge < -0.3 is 0 Å². The van der Waals surface area contributed by atoms with Crippen LogP contribution in [-0.4, -0.2) is 8.80 Å². The summed E-state index contributed by atoms with van der Waals surface area (Å²) in [6.07, 6.45) is 12.2. The molecule has 0 unspecified atom stereocenters. The minimum Gasteiger partial charge on any atom is -0.0720 e. The van der Waals surface area contributed by atoms with Crippen molar-refractivity contribution in [1.29, 1.82) is 0 Å². The predicted molar refractivity (Wildman–Crippen MR) is 59.6 cm³/mol. The predicted octanol–water partition coefficient (Wildman–Crippen LogP) is 3.98. The van der Waals surface area contributed by atoms with Crippen molar-refractivity contribution in [3.8, 4) is 0 Å². The van der Waals surface area contributed by atoms with E-state index in [-0.39, 0.29) is 8.80 Å². The fourth-order valence-corrected chi connectivity index (χ4v) is 4.14. The molecule has 0 nitrogen and oxygen atoms in total. The van der Waals surface area contributed by atoms with Crippen molar-refractivity contribution in [2.24, 2.45) is 0 Å². The maximum atomic E-state index is 2.53. The van der Waals surface area contributed by atoms with Crippen LogP contribution in [-0.2, 0) is 0 Å². The molecule has 72 valence electrons. The van der Waals surface area contributed by atoms with Gasteiger partial charge in [0.2, 0.25) is 0 Å². The molecule has 1 saturated carbocycles. The van der Waals surface area contributed by atoms with Gasteiger partial charge in [0.15, 0.2) is 0 Å². The standard InChI is InChI=1S/C11H24Si/c1-12(2)11-9-7-5-3-4-6-8-10-11/h11-12H,3-10H2,1-2H3. The minimum atomic E-state index is -0.321. The van der Waals surface area contributed by atoms with Gasteiger partial charge >= 0.3 is 0 Å². The second-order valence-electron chi connectivity index (χ2n) is 4.70. The topological polar surface area (TPSA) is 0 Å². The SMILES string of the molecule is C[SiH](C)C1CCCCCCCC1. The molecule has 0 amide bonds. The van der Waals surface area contributed by atoms with Crippen molar-refractivity contribution in [3.05, 3.63) is 0 Å². The summed E-state index contributed by atoms with van der Waals surface area (Å²) in [4.78, 5) is 0. The van der Waals surface area contributed by atoms with Crippen molar-refractivity contribution in [1.82, 2.24) is 0 Å². The zero-order valence-electron chi connectivity index (χ0n) is 8.81. The molecular weight excluding hydrogens is 160 g/mol. The first-order valence-electron chi connectivity index (χ1n) is 5.80. The number of rotatable bonds is 1. The summed E-state index contributed by atoms with van der Waals surface area (Å²) < 4.78 is 0. The van der Waals surface area contributed by atoms with Crippen molar-refractivity contribution >= 4 is 8.80 Å². The first-order valence-corrected chi connectivity index (χ1v) is 8.78. The summed E-state index contributed by atoms with van der Waals surface area (Å²) in [5, 5.41) is 0. The maximum absolute atomic E-state index is 2.53. The molecule has 0 aromatic heterocycles. The van der Waals surface area contributed by atoms with Gasteiger partial charge in [-0.2, -0.15) is 0 Å². The lowest BCUT2D eigenvalue weighted by Crippen LogP contribution is -2.11. The summed E-state index contributed by atoms with van der Waals surface area (Å²) in [5.74, 6) is 0. The maximum Gasteiger partial charge on any atom is 0.0337 e. The molecule has 1 aliphatic rings. The van der Waals surface area contributed by atoms with Crippen molar-refractivity contribution in [2.45, 2.75) is 70.0 Å². The molecule has 0 atom stereocenters. The Morgan fingerprint density at radius 3 is 1.58 bits per heavy atom. The Bertz CT molecular complexity index is 99.6. The molecule has 1 fully saturated rings. The molecule has 0 radical (unpaired) electrons. The third kappa shape index (κ3) is 3.75. The van der Waals surface area contributed by atoms with Crippen LogP contribution in [0.4, 0.5) is 0 Å². The van der Waals surface area contributed by atoms with E-state index in [1.807, 2.05) is 0 Å². The highest BCUT2D eigenvalue weighted by atomic mass is 28.3. The van der Waals surface area contributed by atoms with Crippen LogP contribution in [0.1, 0.15) is 51.4 Å². The van der Waals surface area contributed by atoms with Gasteiger partial charge in [0.05, 0.1) is 0 Å². The highest BCUT2D eigenvalue weighted by Crippen LogP contribution is 2.28. The fraction of sp³-hybridized carbons (Fsp3) is 1.00. The zero-order valence-corrected chi connectivity index (χ0v) is 9.97. The Hall–Kier alpha value is 0.217. The molecule has 0 bridgehead atoms. The lowest BCUT2D eigenvalue weighted by atomic mass is 10.1. The first-order chi connectivity index (χ1) is 5.80. The number of hydrogen-bond acceptors (Lipinski definition) is 0. The van der Waals surface area contributed by atoms with E-state index in [4.69, 9.17) is 0 Å². The van der Waals surface area contributed by atoms with Crippen LogP contribution in [0.25, 0.3) is 0 Å². The van der Waals surface area contributed by atoms with Gasteiger partial charge in [0, 0.05) is 8.80 Å². The quantitative estimate of drug-likeness (QED) is 0.541. The molecular formula is C11H24Si. The molecule has 0 aliphatic heterocycles. The first kappa shape index (κ1) is 10.3. The Morgan fingerprint density at radius 1 is 0.750 bits per heavy atom. The van der Waals surface area contributed by atoms with Gasteiger partial charge in [-0.1, -0.05) is 64.5 Å².